The lowest BCUT2D eigenvalue weighted by Gasteiger charge is -2.22. The highest BCUT2D eigenvalue weighted by Crippen LogP contribution is 2.30. The van der Waals surface area contributed by atoms with Crippen LogP contribution >= 0.6 is 0 Å². The number of amides is 1. The van der Waals surface area contributed by atoms with Crippen LogP contribution in [0.1, 0.15) is 48.3 Å². The molecule has 0 radical (unpaired) electrons. The van der Waals surface area contributed by atoms with Gasteiger partial charge in [-0.3, -0.25) is 4.79 Å². The zero-order valence-electron chi connectivity index (χ0n) is 16.6. The second-order valence-electron chi connectivity index (χ2n) is 7.40. The van der Waals surface area contributed by atoms with Crippen molar-refractivity contribution in [1.82, 2.24) is 9.29 Å². The topological polar surface area (TPSA) is 111 Å². The average molecular weight is 418 g/mol. The van der Waals surface area contributed by atoms with Gasteiger partial charge in [0.05, 0.1) is 10.5 Å². The molecule has 3 N–H and O–H groups in total. The van der Waals surface area contributed by atoms with Gasteiger partial charge in [-0.2, -0.15) is 5.26 Å². The van der Waals surface area contributed by atoms with Crippen molar-refractivity contribution in [3.63, 3.8) is 0 Å². The van der Waals surface area contributed by atoms with Crippen LogP contribution in [-0.2, 0) is 23.4 Å². The molecular formula is C20H24FN5O2S. The zero-order valence-corrected chi connectivity index (χ0v) is 17.4. The van der Waals surface area contributed by atoms with E-state index in [0.29, 0.717) is 34.7 Å². The number of aromatic nitrogens is 1. The summed E-state index contributed by atoms with van der Waals surface area (Å²) in [5.41, 5.74) is 1.03. The molecule has 1 aliphatic heterocycles. The molecule has 29 heavy (non-hydrogen) atoms. The van der Waals surface area contributed by atoms with E-state index in [1.54, 1.807) is 23.9 Å². The second kappa shape index (κ2) is 7.97. The van der Waals surface area contributed by atoms with E-state index in [9.17, 15) is 13.4 Å². The van der Waals surface area contributed by atoms with Crippen LogP contribution in [0.5, 0.6) is 0 Å². The lowest BCUT2D eigenvalue weighted by atomic mass is 9.94. The van der Waals surface area contributed by atoms with Crippen LogP contribution < -0.4 is 10.0 Å². The fourth-order valence-electron chi connectivity index (χ4n) is 3.63. The van der Waals surface area contributed by atoms with Gasteiger partial charge in [0.15, 0.2) is 0 Å². The third-order valence-corrected chi connectivity index (χ3v) is 7.08. The quantitative estimate of drug-likeness (QED) is 0.707. The number of hydrogen-bond donors (Lipinski definition) is 3. The van der Waals surface area contributed by atoms with Gasteiger partial charge in [-0.1, -0.05) is 20.3 Å². The molecule has 9 heteroatoms. The Bertz CT molecular complexity index is 1100. The van der Waals surface area contributed by atoms with E-state index in [2.05, 4.69) is 17.0 Å². The Morgan fingerprint density at radius 3 is 2.93 bits per heavy atom. The standard InChI is InChI=1S/C20H24FN5O2S/c1-4-12(2)17-8-6-15-18(29(23,28)25-17)11-26(3)19(15)20(27)24-14-5-7-16(21)13(9-14)10-22/h5,7,9,11-12,17H,4,6,8H2,1-3H3,(H,24,27)(H2,23,25,28)/t12-,17?,29?/m0/s1. The number of hydrogen-bond acceptors (Lipinski definition) is 4. The molecule has 3 rings (SSSR count). The summed E-state index contributed by atoms with van der Waals surface area (Å²) in [5.74, 6) is -0.865. The smallest absolute Gasteiger partial charge is 0.272 e. The van der Waals surface area contributed by atoms with Crippen LogP contribution in [0.4, 0.5) is 10.1 Å². The fourth-order valence-corrected chi connectivity index (χ4v) is 5.39. The Morgan fingerprint density at radius 2 is 2.28 bits per heavy atom. The molecule has 0 saturated heterocycles. The first-order valence-electron chi connectivity index (χ1n) is 9.43. The van der Waals surface area contributed by atoms with Crippen molar-refractivity contribution >= 4 is 21.5 Å². The Balaban J connectivity index is 1.96. The van der Waals surface area contributed by atoms with Gasteiger partial charge < -0.3 is 9.88 Å². The predicted octanol–water partition coefficient (Wildman–Crippen LogP) is 3.56. The predicted molar refractivity (Wildman–Crippen MR) is 108 cm³/mol. The van der Waals surface area contributed by atoms with Crippen molar-refractivity contribution in [2.45, 2.75) is 44.0 Å². The molecule has 0 aliphatic carbocycles. The van der Waals surface area contributed by atoms with E-state index in [1.165, 1.54) is 12.1 Å². The average Bonchev–Trinajstić information content (AvgIpc) is 2.96. The highest BCUT2D eigenvalue weighted by molar-refractivity contribution is 7.90. The molecule has 3 atom stereocenters. The number of benzene rings is 1. The van der Waals surface area contributed by atoms with Gasteiger partial charge in [0, 0.05) is 30.5 Å². The van der Waals surface area contributed by atoms with Crippen molar-refractivity contribution in [1.29, 1.82) is 10.0 Å². The molecule has 1 aliphatic rings. The number of fused-ring (bicyclic) bond motifs is 1. The molecule has 1 amide bonds. The molecule has 0 saturated carbocycles. The maximum atomic E-state index is 13.5. The fraction of sp³-hybridized carbons (Fsp3) is 0.400. The summed E-state index contributed by atoms with van der Waals surface area (Å²) in [6, 6.07) is 5.43. The van der Waals surface area contributed by atoms with Crippen LogP contribution in [0.25, 0.3) is 0 Å². The molecule has 0 fully saturated rings. The lowest BCUT2D eigenvalue weighted by molar-refractivity contribution is 0.101. The van der Waals surface area contributed by atoms with E-state index in [1.807, 2.05) is 6.92 Å². The first kappa shape index (κ1) is 21.0. The number of nitriles is 1. The van der Waals surface area contributed by atoms with Crippen molar-refractivity contribution in [3.8, 4) is 6.07 Å². The molecule has 2 unspecified atom stereocenters. The van der Waals surface area contributed by atoms with Crippen LogP contribution in [-0.4, -0.2) is 20.7 Å². The van der Waals surface area contributed by atoms with Crippen molar-refractivity contribution in [2.75, 3.05) is 5.32 Å². The van der Waals surface area contributed by atoms with E-state index in [4.69, 9.17) is 10.0 Å². The Hall–Kier alpha value is -2.70. The zero-order chi connectivity index (χ0) is 21.3. The summed E-state index contributed by atoms with van der Waals surface area (Å²) in [6.45, 7) is 4.10. The third kappa shape index (κ3) is 4.04. The van der Waals surface area contributed by atoms with E-state index in [0.717, 1.165) is 12.5 Å². The Kier molecular flexibility index (Phi) is 5.78. The summed E-state index contributed by atoms with van der Waals surface area (Å²) < 4.78 is 39.5. The lowest BCUT2D eigenvalue weighted by Crippen LogP contribution is -2.37. The van der Waals surface area contributed by atoms with E-state index in [-0.39, 0.29) is 17.5 Å². The molecule has 2 aromatic rings. The minimum absolute atomic E-state index is 0.0751. The third-order valence-electron chi connectivity index (χ3n) is 5.47. The van der Waals surface area contributed by atoms with Gasteiger partial charge >= 0.3 is 0 Å². The van der Waals surface area contributed by atoms with Crippen LogP contribution in [0.2, 0.25) is 0 Å². The van der Waals surface area contributed by atoms with Crippen molar-refractivity contribution < 1.29 is 13.4 Å². The number of rotatable bonds is 4. The highest BCUT2D eigenvalue weighted by atomic mass is 32.2. The number of carbonyl (C=O) groups is 1. The Morgan fingerprint density at radius 1 is 1.55 bits per heavy atom. The highest BCUT2D eigenvalue weighted by Gasteiger charge is 2.32. The van der Waals surface area contributed by atoms with Crippen LogP contribution in [0.15, 0.2) is 29.3 Å². The summed E-state index contributed by atoms with van der Waals surface area (Å²) in [4.78, 5) is 13.3. The summed E-state index contributed by atoms with van der Waals surface area (Å²) >= 11 is 0. The molecule has 154 valence electrons. The summed E-state index contributed by atoms with van der Waals surface area (Å²) in [6.07, 6.45) is 3.64. The summed E-state index contributed by atoms with van der Waals surface area (Å²) in [5, 5.41) is 11.7. The molecule has 1 aromatic heterocycles. The molecular weight excluding hydrogens is 393 g/mol. The number of anilines is 1. The van der Waals surface area contributed by atoms with Crippen LogP contribution in [0, 0.1) is 27.8 Å². The number of nitrogens with zero attached hydrogens (tertiary/aromatic N) is 2. The van der Waals surface area contributed by atoms with Gasteiger partial charge in [-0.25, -0.2) is 18.1 Å². The molecule has 7 nitrogen and oxygen atoms in total. The Labute approximate surface area is 170 Å². The SMILES string of the molecule is CC[C@H](C)C1CCc2c(cn(C)c2C(=O)Nc2ccc(F)c(C#N)c2)S(=N)(=O)N1. The molecule has 0 spiro atoms. The number of aryl methyl sites for hydroxylation is 1. The normalized spacial score (nSPS) is 22.2. The first-order valence-corrected chi connectivity index (χ1v) is 11.0. The minimum atomic E-state index is -3.25. The van der Waals surface area contributed by atoms with Gasteiger partial charge in [0.2, 0.25) is 0 Å². The maximum absolute atomic E-state index is 13.5. The summed E-state index contributed by atoms with van der Waals surface area (Å²) in [7, 11) is -1.59. The van der Waals surface area contributed by atoms with Gasteiger partial charge in [0.1, 0.15) is 27.5 Å². The van der Waals surface area contributed by atoms with Crippen LogP contribution in [0.3, 0.4) is 0 Å². The number of halogens is 1. The molecule has 2 heterocycles. The second-order valence-corrected chi connectivity index (χ2v) is 9.18. The van der Waals surface area contributed by atoms with Gasteiger partial charge in [-0.15, -0.1) is 0 Å². The van der Waals surface area contributed by atoms with E-state index < -0.39 is 21.6 Å². The van der Waals surface area contributed by atoms with Crippen molar-refractivity contribution in [3.05, 3.63) is 47.0 Å². The number of nitrogens with one attached hydrogen (secondary N) is 3. The maximum Gasteiger partial charge on any atom is 0.272 e. The monoisotopic (exact) mass is 417 g/mol. The molecule has 0 bridgehead atoms. The van der Waals surface area contributed by atoms with Gasteiger partial charge in [0.25, 0.3) is 5.91 Å². The largest absolute Gasteiger partial charge is 0.345 e. The van der Waals surface area contributed by atoms with E-state index >= 15 is 0 Å². The number of carbonyl (C=O) groups excluding carboxylic acids is 1. The minimum Gasteiger partial charge on any atom is -0.345 e. The molecule has 1 aromatic carbocycles. The van der Waals surface area contributed by atoms with Crippen molar-refractivity contribution in [2.24, 2.45) is 13.0 Å². The first-order chi connectivity index (χ1) is 13.7. The van der Waals surface area contributed by atoms with Gasteiger partial charge in [-0.05, 0) is 37.0 Å².